The predicted octanol–water partition coefficient (Wildman–Crippen LogP) is 4.29. The maximum Gasteiger partial charge on any atom is 0.159 e. The van der Waals surface area contributed by atoms with E-state index in [1.54, 1.807) is 0 Å². The molecule has 0 heterocycles. The maximum absolute atomic E-state index is 12.8. The first-order chi connectivity index (χ1) is 10.1. The van der Waals surface area contributed by atoms with Crippen LogP contribution in [-0.2, 0) is 4.79 Å². The van der Waals surface area contributed by atoms with Crippen LogP contribution in [-0.4, -0.2) is 17.0 Å². The van der Waals surface area contributed by atoms with Gasteiger partial charge in [0, 0.05) is 11.8 Å². The molecule has 0 aliphatic heterocycles. The zero-order valence-electron chi connectivity index (χ0n) is 14.5. The lowest BCUT2D eigenvalue weighted by Gasteiger charge is -2.60. The van der Waals surface area contributed by atoms with E-state index in [9.17, 15) is 9.90 Å². The average molecular weight is 302 g/mol. The van der Waals surface area contributed by atoms with E-state index in [1.807, 2.05) is 6.08 Å². The van der Waals surface area contributed by atoms with E-state index in [0.717, 1.165) is 31.3 Å². The van der Waals surface area contributed by atoms with E-state index in [0.29, 0.717) is 18.1 Å². The van der Waals surface area contributed by atoms with Gasteiger partial charge in [-0.25, -0.2) is 0 Å². The number of carbonyl (C=O) groups excluding carboxylic acids is 1. The van der Waals surface area contributed by atoms with E-state index in [1.165, 1.54) is 0 Å². The fourth-order valence-electron chi connectivity index (χ4n) is 5.55. The van der Waals surface area contributed by atoms with Gasteiger partial charge in [-0.3, -0.25) is 4.79 Å². The Morgan fingerprint density at radius 2 is 1.91 bits per heavy atom. The first kappa shape index (κ1) is 16.0. The molecule has 0 aromatic heterocycles. The zero-order chi connectivity index (χ0) is 16.3. The fraction of sp³-hybridized carbons (Fsp3) is 0.750. The highest BCUT2D eigenvalue weighted by atomic mass is 16.3. The highest BCUT2D eigenvalue weighted by Gasteiger charge is 2.58. The number of allylic oxidation sites excluding steroid dienone is 3. The van der Waals surface area contributed by atoms with Gasteiger partial charge in [0.2, 0.25) is 0 Å². The number of hydrogen-bond acceptors (Lipinski definition) is 2. The number of fused-ring (bicyclic) bond motifs is 3. The van der Waals surface area contributed by atoms with Crippen molar-refractivity contribution in [2.75, 3.05) is 0 Å². The Hall–Kier alpha value is -0.890. The molecule has 0 aromatic carbocycles. The van der Waals surface area contributed by atoms with Crippen LogP contribution in [0.2, 0.25) is 0 Å². The highest BCUT2D eigenvalue weighted by molar-refractivity contribution is 5.97. The molecule has 3 rings (SSSR count). The van der Waals surface area contributed by atoms with Crippen LogP contribution in [0.1, 0.15) is 59.8 Å². The van der Waals surface area contributed by atoms with Crippen molar-refractivity contribution in [2.24, 2.45) is 28.1 Å². The van der Waals surface area contributed by atoms with Crippen LogP contribution in [0.15, 0.2) is 24.3 Å². The Kier molecular flexibility index (Phi) is 3.49. The third-order valence-electron chi connectivity index (χ3n) is 7.32. The minimum atomic E-state index is -0.286. The minimum Gasteiger partial charge on any atom is -0.393 e. The van der Waals surface area contributed by atoms with E-state index >= 15 is 0 Å². The summed E-state index contributed by atoms with van der Waals surface area (Å²) in [6.07, 6.45) is 8.53. The summed E-state index contributed by atoms with van der Waals surface area (Å²) in [4.78, 5) is 12.8. The second-order valence-electron chi connectivity index (χ2n) is 8.96. The number of hydrogen-bond donors (Lipinski definition) is 1. The molecule has 0 amide bonds. The Labute approximate surface area is 134 Å². The summed E-state index contributed by atoms with van der Waals surface area (Å²) in [5.41, 5.74) is 0.992. The van der Waals surface area contributed by atoms with Crippen LogP contribution in [0.25, 0.3) is 0 Å². The van der Waals surface area contributed by atoms with Gasteiger partial charge in [-0.2, -0.15) is 0 Å². The van der Waals surface area contributed by atoms with Crippen molar-refractivity contribution < 1.29 is 9.90 Å². The molecular weight excluding hydrogens is 272 g/mol. The van der Waals surface area contributed by atoms with Crippen LogP contribution >= 0.6 is 0 Å². The first-order valence-electron chi connectivity index (χ1n) is 8.72. The van der Waals surface area contributed by atoms with Gasteiger partial charge in [-0.1, -0.05) is 39.8 Å². The van der Waals surface area contributed by atoms with Crippen LogP contribution in [0.5, 0.6) is 0 Å². The molecule has 3 aliphatic carbocycles. The molecule has 2 nitrogen and oxygen atoms in total. The lowest BCUT2D eigenvalue weighted by Crippen LogP contribution is -2.57. The van der Waals surface area contributed by atoms with Gasteiger partial charge in [0.1, 0.15) is 0 Å². The quantitative estimate of drug-likeness (QED) is 0.734. The fourth-order valence-corrected chi connectivity index (χ4v) is 5.55. The zero-order valence-corrected chi connectivity index (χ0v) is 14.5. The second-order valence-corrected chi connectivity index (χ2v) is 8.96. The summed E-state index contributed by atoms with van der Waals surface area (Å²) in [6.45, 7) is 12.8. The van der Waals surface area contributed by atoms with E-state index in [4.69, 9.17) is 0 Å². The minimum absolute atomic E-state index is 0.0333. The molecule has 2 saturated carbocycles. The summed E-state index contributed by atoms with van der Waals surface area (Å²) >= 11 is 0. The number of aliphatic hydroxyl groups is 1. The van der Waals surface area contributed by atoms with Crippen LogP contribution < -0.4 is 0 Å². The van der Waals surface area contributed by atoms with Crippen molar-refractivity contribution in [1.82, 2.24) is 0 Å². The third-order valence-corrected chi connectivity index (χ3v) is 7.32. The van der Waals surface area contributed by atoms with Crippen molar-refractivity contribution in [3.8, 4) is 0 Å². The molecule has 2 heteroatoms. The largest absolute Gasteiger partial charge is 0.393 e. The van der Waals surface area contributed by atoms with Gasteiger partial charge in [0.25, 0.3) is 0 Å². The SMILES string of the molecule is C=C[C@@]1(C)C=C2C(=O)C[C@@H]3C(C)(C)[C@H](O)CC[C@@]3(C)[C@H]2CC1. The Morgan fingerprint density at radius 1 is 1.23 bits per heavy atom. The van der Waals surface area contributed by atoms with Gasteiger partial charge < -0.3 is 5.11 Å². The van der Waals surface area contributed by atoms with Gasteiger partial charge in [0.15, 0.2) is 5.78 Å². The molecule has 22 heavy (non-hydrogen) atoms. The predicted molar refractivity (Wildman–Crippen MR) is 89.4 cm³/mol. The van der Waals surface area contributed by atoms with Crippen molar-refractivity contribution in [2.45, 2.75) is 65.9 Å². The normalized spacial score (nSPS) is 47.2. The van der Waals surface area contributed by atoms with Crippen LogP contribution in [0, 0.1) is 28.1 Å². The van der Waals surface area contributed by atoms with Gasteiger partial charge in [0.05, 0.1) is 6.10 Å². The molecule has 2 fully saturated rings. The molecule has 3 aliphatic rings. The molecule has 0 spiro atoms. The van der Waals surface area contributed by atoms with Gasteiger partial charge in [-0.05, 0) is 53.9 Å². The molecule has 0 unspecified atom stereocenters. The third kappa shape index (κ3) is 2.06. The summed E-state index contributed by atoms with van der Waals surface area (Å²) < 4.78 is 0. The molecule has 0 aromatic rings. The average Bonchev–Trinajstić information content (AvgIpc) is 2.47. The lowest BCUT2D eigenvalue weighted by molar-refractivity contribution is -0.147. The summed E-state index contributed by atoms with van der Waals surface area (Å²) in [5.74, 6) is 0.951. The first-order valence-corrected chi connectivity index (χ1v) is 8.72. The number of ketones is 1. The van der Waals surface area contributed by atoms with Crippen LogP contribution in [0.4, 0.5) is 0 Å². The Bertz CT molecular complexity index is 544. The smallest absolute Gasteiger partial charge is 0.159 e. The number of Topliss-reactive ketones (excluding diaryl/α,β-unsaturated/α-hetero) is 1. The Balaban J connectivity index is 2.05. The number of carbonyl (C=O) groups is 1. The molecule has 0 radical (unpaired) electrons. The highest BCUT2D eigenvalue weighted by Crippen LogP contribution is 2.62. The maximum atomic E-state index is 12.8. The molecule has 1 N–H and O–H groups in total. The van der Waals surface area contributed by atoms with Gasteiger partial charge >= 0.3 is 0 Å². The van der Waals surface area contributed by atoms with E-state index in [-0.39, 0.29) is 28.3 Å². The molecule has 5 atom stereocenters. The van der Waals surface area contributed by atoms with Crippen molar-refractivity contribution in [3.63, 3.8) is 0 Å². The van der Waals surface area contributed by atoms with E-state index in [2.05, 4.69) is 40.3 Å². The van der Waals surface area contributed by atoms with Gasteiger partial charge in [-0.15, -0.1) is 6.58 Å². The number of rotatable bonds is 1. The van der Waals surface area contributed by atoms with Crippen molar-refractivity contribution >= 4 is 5.78 Å². The summed E-state index contributed by atoms with van der Waals surface area (Å²) in [7, 11) is 0. The second kappa shape index (κ2) is 4.80. The molecule has 122 valence electrons. The topological polar surface area (TPSA) is 37.3 Å². The lowest BCUT2D eigenvalue weighted by atomic mass is 9.45. The van der Waals surface area contributed by atoms with Crippen molar-refractivity contribution in [1.29, 1.82) is 0 Å². The monoisotopic (exact) mass is 302 g/mol. The molecule has 0 saturated heterocycles. The molecule has 0 bridgehead atoms. The summed E-state index contributed by atoms with van der Waals surface area (Å²) in [5, 5.41) is 10.5. The summed E-state index contributed by atoms with van der Waals surface area (Å²) in [6, 6.07) is 0. The van der Waals surface area contributed by atoms with Crippen molar-refractivity contribution in [3.05, 3.63) is 24.3 Å². The van der Waals surface area contributed by atoms with Crippen LogP contribution in [0.3, 0.4) is 0 Å². The standard InChI is InChI=1S/C20H30O2/c1-6-19(4)9-7-14-13(12-19)15(21)11-16-18(2,3)17(22)8-10-20(14,16)5/h6,12,14,16-17,22H,1,7-11H2,2-5H3/t14-,16+,17+,19+,20-/m0/s1. The number of aliphatic hydroxyl groups excluding tert-OH is 1. The molecular formula is C20H30O2. The Morgan fingerprint density at radius 3 is 2.55 bits per heavy atom. The van der Waals surface area contributed by atoms with E-state index < -0.39 is 0 Å².